The predicted molar refractivity (Wildman–Crippen MR) is 105 cm³/mol. The fraction of sp³-hybridized carbons (Fsp3) is 0.250. The first kappa shape index (κ1) is 17.4. The highest BCUT2D eigenvalue weighted by Gasteiger charge is 2.10. The van der Waals surface area contributed by atoms with E-state index >= 15 is 0 Å². The van der Waals surface area contributed by atoms with Crippen LogP contribution in [0.5, 0.6) is 5.75 Å². The molecule has 0 saturated heterocycles. The number of nitrogens with zero attached hydrogens (tertiary/aromatic N) is 1. The summed E-state index contributed by atoms with van der Waals surface area (Å²) in [7, 11) is 0.755. The number of aryl methyl sites for hydroxylation is 1. The Morgan fingerprint density at radius 1 is 1.12 bits per heavy atom. The Bertz CT molecular complexity index is 882. The highest BCUT2D eigenvalue weighted by molar-refractivity contribution is 7.84. The second-order valence-electron chi connectivity index (χ2n) is 5.87. The summed E-state index contributed by atoms with van der Waals surface area (Å²) in [4.78, 5) is 4.49. The number of nitrogens with one attached hydrogen (secondary N) is 1. The molecule has 0 amide bonds. The van der Waals surface area contributed by atoms with Crippen LogP contribution in [0.2, 0.25) is 0 Å². The average molecular weight is 354 g/mol. The molecule has 25 heavy (non-hydrogen) atoms. The van der Waals surface area contributed by atoms with Gasteiger partial charge in [-0.05, 0) is 24.1 Å². The van der Waals surface area contributed by atoms with Crippen LogP contribution in [0, 0.1) is 6.92 Å². The van der Waals surface area contributed by atoms with Gasteiger partial charge < -0.3 is 10.1 Å². The molecule has 0 fully saturated rings. The van der Waals surface area contributed by atoms with Gasteiger partial charge in [0, 0.05) is 46.1 Å². The number of anilines is 1. The molecule has 2 aromatic carbocycles. The van der Waals surface area contributed by atoms with Gasteiger partial charge in [0.15, 0.2) is 0 Å². The third-order valence-electron chi connectivity index (χ3n) is 4.07. The molecule has 4 nitrogen and oxygen atoms in total. The molecule has 1 atom stereocenters. The van der Waals surface area contributed by atoms with E-state index in [9.17, 15) is 4.21 Å². The van der Waals surface area contributed by atoms with Crippen LogP contribution in [0.15, 0.2) is 54.7 Å². The second-order valence-corrected chi connectivity index (χ2v) is 7.45. The predicted octanol–water partition coefficient (Wildman–Crippen LogP) is 3.91. The number of rotatable bonds is 7. The SMILES string of the molecule is COc1cccc2c(NCCS(=O)Cc3ccccc3)c(C)cnc12. The van der Waals surface area contributed by atoms with Gasteiger partial charge in [-0.1, -0.05) is 42.5 Å². The molecule has 0 radical (unpaired) electrons. The summed E-state index contributed by atoms with van der Waals surface area (Å²) in [6.45, 7) is 2.67. The minimum atomic E-state index is -0.894. The van der Waals surface area contributed by atoms with Gasteiger partial charge in [-0.25, -0.2) is 0 Å². The molecule has 3 rings (SSSR count). The molecule has 0 aliphatic rings. The molecule has 1 heterocycles. The van der Waals surface area contributed by atoms with Crippen LogP contribution in [0.25, 0.3) is 10.9 Å². The van der Waals surface area contributed by atoms with Crippen molar-refractivity contribution in [3.63, 3.8) is 0 Å². The molecule has 1 unspecified atom stereocenters. The van der Waals surface area contributed by atoms with Crippen molar-refractivity contribution in [2.24, 2.45) is 0 Å². The van der Waals surface area contributed by atoms with E-state index in [2.05, 4.69) is 10.3 Å². The minimum absolute atomic E-state index is 0.590. The number of hydrogen-bond donors (Lipinski definition) is 1. The number of pyridine rings is 1. The zero-order chi connectivity index (χ0) is 17.6. The number of methoxy groups -OCH3 is 1. The van der Waals surface area contributed by atoms with Gasteiger partial charge in [0.25, 0.3) is 0 Å². The Labute approximate surface area is 150 Å². The number of hydrogen-bond acceptors (Lipinski definition) is 4. The lowest BCUT2D eigenvalue weighted by Gasteiger charge is -2.14. The van der Waals surface area contributed by atoms with E-state index < -0.39 is 10.8 Å². The largest absolute Gasteiger partial charge is 0.494 e. The van der Waals surface area contributed by atoms with Gasteiger partial charge >= 0.3 is 0 Å². The molecule has 1 aromatic heterocycles. The van der Waals surface area contributed by atoms with Crippen LogP contribution in [-0.4, -0.2) is 28.6 Å². The van der Waals surface area contributed by atoms with Gasteiger partial charge in [-0.3, -0.25) is 9.19 Å². The van der Waals surface area contributed by atoms with Crippen molar-refractivity contribution in [1.29, 1.82) is 0 Å². The fourth-order valence-corrected chi connectivity index (χ4v) is 3.86. The Hall–Kier alpha value is -2.40. The summed E-state index contributed by atoms with van der Waals surface area (Å²) in [5, 5.41) is 4.46. The molecule has 0 aliphatic carbocycles. The molecule has 0 saturated carbocycles. The van der Waals surface area contributed by atoms with E-state index in [-0.39, 0.29) is 0 Å². The Balaban J connectivity index is 1.69. The van der Waals surface area contributed by atoms with Crippen LogP contribution in [-0.2, 0) is 16.6 Å². The van der Waals surface area contributed by atoms with E-state index in [1.807, 2.05) is 61.7 Å². The Kier molecular flexibility index (Phi) is 5.66. The van der Waals surface area contributed by atoms with Crippen LogP contribution in [0.3, 0.4) is 0 Å². The van der Waals surface area contributed by atoms with Gasteiger partial charge in [0.05, 0.1) is 7.11 Å². The van der Waals surface area contributed by atoms with E-state index in [1.54, 1.807) is 7.11 Å². The first-order chi connectivity index (χ1) is 12.2. The van der Waals surface area contributed by atoms with Crippen LogP contribution < -0.4 is 10.1 Å². The standard InChI is InChI=1S/C20H22N2O2S/c1-15-13-22-20-17(9-6-10-18(20)24-2)19(15)21-11-12-25(23)14-16-7-4-3-5-8-16/h3-10,13H,11-12,14H2,1-2H3,(H,21,22). The minimum Gasteiger partial charge on any atom is -0.494 e. The lowest BCUT2D eigenvalue weighted by Crippen LogP contribution is -2.13. The zero-order valence-electron chi connectivity index (χ0n) is 14.5. The van der Waals surface area contributed by atoms with Gasteiger partial charge in [-0.2, -0.15) is 0 Å². The molecule has 1 N–H and O–H groups in total. The zero-order valence-corrected chi connectivity index (χ0v) is 15.3. The van der Waals surface area contributed by atoms with Crippen LogP contribution in [0.1, 0.15) is 11.1 Å². The van der Waals surface area contributed by atoms with E-state index in [1.165, 1.54) is 0 Å². The van der Waals surface area contributed by atoms with Crippen molar-refractivity contribution in [3.05, 3.63) is 65.9 Å². The summed E-state index contributed by atoms with van der Waals surface area (Å²) < 4.78 is 17.7. The lowest BCUT2D eigenvalue weighted by atomic mass is 10.1. The van der Waals surface area contributed by atoms with Crippen LogP contribution >= 0.6 is 0 Å². The summed E-state index contributed by atoms with van der Waals surface area (Å²) in [5.41, 5.74) is 4.04. The van der Waals surface area contributed by atoms with Gasteiger partial charge in [-0.15, -0.1) is 0 Å². The third kappa shape index (κ3) is 4.17. The second kappa shape index (κ2) is 8.12. The number of ether oxygens (including phenoxy) is 1. The quantitative estimate of drug-likeness (QED) is 0.699. The molecule has 130 valence electrons. The first-order valence-electron chi connectivity index (χ1n) is 8.24. The monoisotopic (exact) mass is 354 g/mol. The van der Waals surface area contributed by atoms with Crippen molar-refractivity contribution in [2.75, 3.05) is 24.7 Å². The first-order valence-corrected chi connectivity index (χ1v) is 9.73. The van der Waals surface area contributed by atoms with E-state index in [0.717, 1.165) is 33.5 Å². The molecular formula is C20H22N2O2S. The Morgan fingerprint density at radius 3 is 2.68 bits per heavy atom. The molecule has 5 heteroatoms. The van der Waals surface area contributed by atoms with Crippen LogP contribution in [0.4, 0.5) is 5.69 Å². The van der Waals surface area contributed by atoms with Crippen molar-refractivity contribution in [3.8, 4) is 5.75 Å². The third-order valence-corrected chi connectivity index (χ3v) is 5.39. The maximum atomic E-state index is 12.3. The highest BCUT2D eigenvalue weighted by Crippen LogP contribution is 2.30. The molecule has 3 aromatic rings. The maximum absolute atomic E-state index is 12.3. The summed E-state index contributed by atoms with van der Waals surface area (Å²) in [5.74, 6) is 1.95. The molecule has 0 aliphatic heterocycles. The van der Waals surface area contributed by atoms with Crippen molar-refractivity contribution < 1.29 is 8.95 Å². The maximum Gasteiger partial charge on any atom is 0.145 e. The smallest absolute Gasteiger partial charge is 0.145 e. The topological polar surface area (TPSA) is 51.2 Å². The molecular weight excluding hydrogens is 332 g/mol. The number of benzene rings is 2. The van der Waals surface area contributed by atoms with Crippen molar-refractivity contribution in [2.45, 2.75) is 12.7 Å². The van der Waals surface area contributed by atoms with Gasteiger partial charge in [0.2, 0.25) is 0 Å². The summed E-state index contributed by atoms with van der Waals surface area (Å²) in [6.07, 6.45) is 1.84. The van der Waals surface area contributed by atoms with Crippen molar-refractivity contribution >= 4 is 27.4 Å². The van der Waals surface area contributed by atoms with E-state index in [0.29, 0.717) is 18.1 Å². The van der Waals surface area contributed by atoms with E-state index in [4.69, 9.17) is 4.74 Å². The number of aromatic nitrogens is 1. The number of fused-ring (bicyclic) bond motifs is 1. The summed E-state index contributed by atoms with van der Waals surface area (Å²) in [6, 6.07) is 15.8. The summed E-state index contributed by atoms with van der Waals surface area (Å²) >= 11 is 0. The molecule has 0 spiro atoms. The van der Waals surface area contributed by atoms with Gasteiger partial charge in [0.1, 0.15) is 11.3 Å². The lowest BCUT2D eigenvalue weighted by molar-refractivity contribution is 0.419. The number of para-hydroxylation sites is 1. The van der Waals surface area contributed by atoms with Crippen molar-refractivity contribution in [1.82, 2.24) is 4.98 Å². The highest BCUT2D eigenvalue weighted by atomic mass is 32.2. The normalized spacial score (nSPS) is 12.1. The fourth-order valence-electron chi connectivity index (χ4n) is 2.82. The Morgan fingerprint density at radius 2 is 1.92 bits per heavy atom. The molecule has 0 bridgehead atoms. The average Bonchev–Trinajstić information content (AvgIpc) is 2.63.